The van der Waals surface area contributed by atoms with Crippen molar-refractivity contribution in [3.63, 3.8) is 0 Å². The molecule has 10 nitrogen and oxygen atoms in total. The van der Waals surface area contributed by atoms with Crippen LogP contribution in [-0.2, 0) is 19.1 Å². The molecule has 1 fully saturated rings. The second-order valence-electron chi connectivity index (χ2n) is 8.64. The first-order chi connectivity index (χ1) is 14.5. The lowest BCUT2D eigenvalue weighted by Crippen LogP contribution is -2.64. The molecule has 5 N–H and O–H groups in total. The minimum atomic E-state index is -1.39. The molecule has 7 unspecified atom stereocenters. The van der Waals surface area contributed by atoms with Gasteiger partial charge in [0.1, 0.15) is 30.1 Å². The Balaban J connectivity index is 1.69. The summed E-state index contributed by atoms with van der Waals surface area (Å²) >= 11 is 1.44. The molecule has 0 saturated carbocycles. The number of aliphatic hydroxyl groups excluding tert-OH is 3. The molecule has 3 aliphatic rings. The van der Waals surface area contributed by atoms with Gasteiger partial charge in [-0.1, -0.05) is 32.5 Å². The lowest BCUT2D eigenvalue weighted by Gasteiger charge is -2.42. The SMILES string of the molecule is CC(=O)NC1C(OC2=CC3SC(NC(=O)C(C)(C)C)N=C3C=C2)OC(CO)C(O)C1O. The summed E-state index contributed by atoms with van der Waals surface area (Å²) in [5.41, 5.74) is -0.163. The van der Waals surface area contributed by atoms with Gasteiger partial charge < -0.3 is 35.4 Å². The second kappa shape index (κ2) is 9.29. The van der Waals surface area contributed by atoms with Crippen LogP contribution >= 0.6 is 11.8 Å². The Kier molecular flexibility index (Phi) is 7.11. The van der Waals surface area contributed by atoms with Crippen molar-refractivity contribution in [1.29, 1.82) is 0 Å². The number of ether oxygens (including phenoxy) is 2. The molecule has 0 radical (unpaired) electrons. The summed E-state index contributed by atoms with van der Waals surface area (Å²) in [6.07, 6.45) is 0.276. The largest absolute Gasteiger partial charge is 0.463 e. The fourth-order valence-corrected chi connectivity index (χ4v) is 4.39. The van der Waals surface area contributed by atoms with E-state index in [-0.39, 0.29) is 11.2 Å². The topological polar surface area (TPSA) is 150 Å². The Morgan fingerprint density at radius 3 is 2.55 bits per heavy atom. The van der Waals surface area contributed by atoms with Gasteiger partial charge >= 0.3 is 0 Å². The van der Waals surface area contributed by atoms with E-state index < -0.39 is 54.1 Å². The molecule has 2 amide bonds. The number of thioether (sulfide) groups is 1. The zero-order valence-electron chi connectivity index (χ0n) is 17.8. The van der Waals surface area contributed by atoms with Crippen molar-refractivity contribution in [2.45, 2.75) is 69.1 Å². The van der Waals surface area contributed by atoms with E-state index in [2.05, 4.69) is 15.6 Å². The Morgan fingerprint density at radius 2 is 1.94 bits per heavy atom. The van der Waals surface area contributed by atoms with Crippen molar-refractivity contribution in [2.75, 3.05) is 6.61 Å². The smallest absolute Gasteiger partial charge is 0.227 e. The van der Waals surface area contributed by atoms with E-state index in [1.807, 2.05) is 20.8 Å². The lowest BCUT2D eigenvalue weighted by atomic mass is 9.96. The number of allylic oxidation sites excluding steroid dienone is 2. The Bertz CT molecular complexity index is 807. The third-order valence-electron chi connectivity index (χ3n) is 5.01. The highest BCUT2D eigenvalue weighted by Crippen LogP contribution is 2.33. The van der Waals surface area contributed by atoms with E-state index in [0.717, 1.165) is 5.71 Å². The lowest BCUT2D eigenvalue weighted by molar-refractivity contribution is -0.258. The zero-order chi connectivity index (χ0) is 22.9. The van der Waals surface area contributed by atoms with E-state index in [1.54, 1.807) is 18.2 Å². The summed E-state index contributed by atoms with van der Waals surface area (Å²) in [4.78, 5) is 28.3. The van der Waals surface area contributed by atoms with Crippen LogP contribution in [0.4, 0.5) is 0 Å². The number of nitrogens with zero attached hydrogens (tertiary/aromatic N) is 1. The van der Waals surface area contributed by atoms with Crippen LogP contribution in [-0.4, -0.2) is 80.8 Å². The van der Waals surface area contributed by atoms with Crippen LogP contribution in [0.1, 0.15) is 27.7 Å². The molecule has 3 rings (SSSR count). The van der Waals surface area contributed by atoms with Gasteiger partial charge in [-0.25, -0.2) is 0 Å². The van der Waals surface area contributed by atoms with E-state index in [9.17, 15) is 24.9 Å². The highest BCUT2D eigenvalue weighted by Gasteiger charge is 2.46. The van der Waals surface area contributed by atoms with Gasteiger partial charge in [0.15, 0.2) is 5.50 Å². The predicted molar refractivity (Wildman–Crippen MR) is 114 cm³/mol. The van der Waals surface area contributed by atoms with E-state index >= 15 is 0 Å². The maximum absolute atomic E-state index is 12.2. The molecular formula is C20H29N3O7S. The maximum atomic E-state index is 12.2. The number of hydrogen-bond acceptors (Lipinski definition) is 9. The van der Waals surface area contributed by atoms with Crippen LogP contribution in [0.2, 0.25) is 0 Å². The van der Waals surface area contributed by atoms with Crippen molar-refractivity contribution >= 4 is 29.3 Å². The average molecular weight is 456 g/mol. The molecule has 172 valence electrons. The molecule has 0 aromatic rings. The number of fused-ring (bicyclic) bond motifs is 1. The molecule has 11 heteroatoms. The molecule has 0 aromatic heterocycles. The molecule has 2 heterocycles. The van der Waals surface area contributed by atoms with Crippen LogP contribution < -0.4 is 10.6 Å². The number of aliphatic hydroxyl groups is 3. The van der Waals surface area contributed by atoms with E-state index in [0.29, 0.717) is 5.76 Å². The Morgan fingerprint density at radius 1 is 1.23 bits per heavy atom. The standard InChI is InChI=1S/C20H29N3O7S/c1-9(25)21-14-16(27)15(26)12(8-24)30-17(14)29-10-5-6-11-13(7-10)31-19(22-11)23-18(28)20(2,3)4/h5-7,12-17,19,24,26-27H,8H2,1-4H3,(H,21,25)(H,23,28). The summed E-state index contributed by atoms with van der Waals surface area (Å²) in [7, 11) is 0. The first-order valence-electron chi connectivity index (χ1n) is 10.00. The summed E-state index contributed by atoms with van der Waals surface area (Å²) in [5.74, 6) is -0.115. The van der Waals surface area contributed by atoms with Crippen LogP contribution in [0.25, 0.3) is 0 Å². The van der Waals surface area contributed by atoms with Crippen molar-refractivity contribution in [2.24, 2.45) is 10.4 Å². The number of carbonyl (C=O) groups is 2. The van der Waals surface area contributed by atoms with Crippen molar-refractivity contribution in [3.8, 4) is 0 Å². The van der Waals surface area contributed by atoms with Crippen LogP contribution in [0.3, 0.4) is 0 Å². The summed E-state index contributed by atoms with van der Waals surface area (Å²) in [6, 6.07) is -1.03. The normalized spacial score (nSPS) is 35.0. The number of carbonyl (C=O) groups excluding carboxylic acids is 2. The van der Waals surface area contributed by atoms with Crippen LogP contribution in [0.15, 0.2) is 29.0 Å². The number of amides is 2. The number of hydrogen-bond donors (Lipinski definition) is 5. The molecule has 1 aliphatic carbocycles. The van der Waals surface area contributed by atoms with Gasteiger partial charge in [-0.05, 0) is 18.2 Å². The first kappa shape index (κ1) is 23.7. The summed E-state index contributed by atoms with van der Waals surface area (Å²) in [5, 5.41) is 35.2. The quantitative estimate of drug-likeness (QED) is 0.369. The first-order valence-corrected chi connectivity index (χ1v) is 10.9. The predicted octanol–water partition coefficient (Wildman–Crippen LogP) is -0.597. The molecule has 7 atom stereocenters. The van der Waals surface area contributed by atoms with E-state index in [4.69, 9.17) is 9.47 Å². The van der Waals surface area contributed by atoms with E-state index in [1.165, 1.54) is 18.7 Å². The molecule has 0 spiro atoms. The van der Waals surface area contributed by atoms with Gasteiger partial charge in [0, 0.05) is 12.3 Å². The molecule has 31 heavy (non-hydrogen) atoms. The third kappa shape index (κ3) is 5.47. The third-order valence-corrected chi connectivity index (χ3v) is 6.16. The second-order valence-corrected chi connectivity index (χ2v) is 9.87. The van der Waals surface area contributed by atoms with Crippen LogP contribution in [0, 0.1) is 5.41 Å². The minimum Gasteiger partial charge on any atom is -0.463 e. The fourth-order valence-electron chi connectivity index (χ4n) is 3.26. The van der Waals surface area contributed by atoms with Crippen LogP contribution in [0.5, 0.6) is 0 Å². The average Bonchev–Trinajstić information content (AvgIpc) is 3.08. The van der Waals surface area contributed by atoms with Gasteiger partial charge in [-0.15, -0.1) is 0 Å². The molecular weight excluding hydrogens is 426 g/mol. The van der Waals surface area contributed by atoms with Gasteiger partial charge in [-0.2, -0.15) is 0 Å². The van der Waals surface area contributed by atoms with Crippen molar-refractivity contribution < 1.29 is 34.4 Å². The molecule has 0 bridgehead atoms. The van der Waals surface area contributed by atoms with Gasteiger partial charge in [-0.3, -0.25) is 14.6 Å². The van der Waals surface area contributed by atoms with Crippen molar-refractivity contribution in [3.05, 3.63) is 24.0 Å². The minimum absolute atomic E-state index is 0.103. The molecule has 0 aromatic carbocycles. The Labute approximate surface area is 184 Å². The van der Waals surface area contributed by atoms with Gasteiger partial charge in [0.25, 0.3) is 0 Å². The number of rotatable bonds is 5. The van der Waals surface area contributed by atoms with Gasteiger partial charge in [0.2, 0.25) is 18.1 Å². The number of aliphatic imine (C=N–C) groups is 1. The monoisotopic (exact) mass is 455 g/mol. The molecule has 1 saturated heterocycles. The van der Waals surface area contributed by atoms with Crippen molar-refractivity contribution in [1.82, 2.24) is 10.6 Å². The summed E-state index contributed by atoms with van der Waals surface area (Å²) in [6.45, 7) is 6.24. The summed E-state index contributed by atoms with van der Waals surface area (Å²) < 4.78 is 11.5. The maximum Gasteiger partial charge on any atom is 0.227 e. The Hall–Kier alpha value is -1.92. The highest BCUT2D eigenvalue weighted by atomic mass is 32.2. The van der Waals surface area contributed by atoms with Gasteiger partial charge in [0.05, 0.1) is 17.6 Å². The fraction of sp³-hybridized carbons (Fsp3) is 0.650. The molecule has 2 aliphatic heterocycles. The number of nitrogens with one attached hydrogen (secondary N) is 2. The highest BCUT2D eigenvalue weighted by molar-refractivity contribution is 8.01. The zero-order valence-corrected chi connectivity index (χ0v) is 18.6.